The van der Waals surface area contributed by atoms with Crippen molar-refractivity contribution in [3.05, 3.63) is 63.7 Å². The first-order valence-electron chi connectivity index (χ1n) is 6.46. The van der Waals surface area contributed by atoms with E-state index in [9.17, 15) is 20.3 Å². The lowest BCUT2D eigenvalue weighted by molar-refractivity contribution is -0.384. The molecule has 0 aliphatic rings. The molecule has 110 valence electrons. The Morgan fingerprint density at radius 1 is 1.19 bits per heavy atom. The van der Waals surface area contributed by atoms with Crippen LogP contribution in [-0.4, -0.2) is 15.1 Å². The second-order valence-corrected chi connectivity index (χ2v) is 4.77. The van der Waals surface area contributed by atoms with Crippen molar-refractivity contribution >= 4 is 5.69 Å². The van der Waals surface area contributed by atoms with E-state index in [-0.39, 0.29) is 23.2 Å². The van der Waals surface area contributed by atoms with Gasteiger partial charge >= 0.3 is 0 Å². The van der Waals surface area contributed by atoms with Gasteiger partial charge in [-0.2, -0.15) is 0 Å². The summed E-state index contributed by atoms with van der Waals surface area (Å²) in [5.74, 6) is 0.197. The van der Waals surface area contributed by atoms with Gasteiger partial charge in [0.2, 0.25) is 0 Å². The lowest BCUT2D eigenvalue weighted by atomic mass is 10.1. The van der Waals surface area contributed by atoms with Gasteiger partial charge in [-0.05, 0) is 30.7 Å². The summed E-state index contributed by atoms with van der Waals surface area (Å²) in [7, 11) is 0. The van der Waals surface area contributed by atoms with E-state index < -0.39 is 4.92 Å². The second-order valence-electron chi connectivity index (χ2n) is 4.77. The minimum absolute atomic E-state index is 0.0532. The van der Waals surface area contributed by atoms with Crippen LogP contribution in [0.3, 0.4) is 0 Å². The molecule has 6 nitrogen and oxygen atoms in total. The number of non-ortho nitro benzene ring substituents is 1. The summed E-state index contributed by atoms with van der Waals surface area (Å²) in [6.45, 7) is 2.36. The molecule has 0 radical (unpaired) electrons. The molecule has 0 amide bonds. The van der Waals surface area contributed by atoms with Crippen molar-refractivity contribution in [3.8, 4) is 11.5 Å². The second kappa shape index (κ2) is 6.23. The fourth-order valence-corrected chi connectivity index (χ4v) is 2.01. The molecule has 0 aliphatic carbocycles. The summed E-state index contributed by atoms with van der Waals surface area (Å²) in [5, 5.41) is 33.0. The van der Waals surface area contributed by atoms with Crippen molar-refractivity contribution < 1.29 is 15.1 Å². The molecule has 1 unspecified atom stereocenters. The molecule has 3 N–H and O–H groups in total. The van der Waals surface area contributed by atoms with Gasteiger partial charge in [-0.25, -0.2) is 0 Å². The van der Waals surface area contributed by atoms with Crippen LogP contribution in [0.25, 0.3) is 0 Å². The van der Waals surface area contributed by atoms with E-state index in [1.807, 2.05) is 6.92 Å². The molecule has 2 rings (SSSR count). The molecule has 0 spiro atoms. The van der Waals surface area contributed by atoms with Gasteiger partial charge in [-0.15, -0.1) is 0 Å². The maximum absolute atomic E-state index is 10.6. The quantitative estimate of drug-likeness (QED) is 0.446. The van der Waals surface area contributed by atoms with Crippen LogP contribution >= 0.6 is 0 Å². The van der Waals surface area contributed by atoms with Gasteiger partial charge in [0.25, 0.3) is 5.69 Å². The Labute approximate surface area is 121 Å². The molecular formula is C15H16N2O4. The first-order chi connectivity index (χ1) is 9.97. The Morgan fingerprint density at radius 2 is 1.86 bits per heavy atom. The smallest absolute Gasteiger partial charge is 0.269 e. The summed E-state index contributed by atoms with van der Waals surface area (Å²) in [5.41, 5.74) is 1.54. The molecule has 0 bridgehead atoms. The summed E-state index contributed by atoms with van der Waals surface area (Å²) < 4.78 is 0. The Hall–Kier alpha value is -2.60. The highest BCUT2D eigenvalue weighted by Gasteiger charge is 2.11. The van der Waals surface area contributed by atoms with E-state index in [1.165, 1.54) is 30.3 Å². The average Bonchev–Trinajstić information content (AvgIpc) is 2.47. The third-order valence-electron chi connectivity index (χ3n) is 3.24. The zero-order valence-corrected chi connectivity index (χ0v) is 11.5. The maximum atomic E-state index is 10.6. The van der Waals surface area contributed by atoms with Gasteiger partial charge in [-0.3, -0.25) is 10.1 Å². The van der Waals surface area contributed by atoms with Crippen molar-refractivity contribution in [3.63, 3.8) is 0 Å². The van der Waals surface area contributed by atoms with Gasteiger partial charge < -0.3 is 15.5 Å². The fraction of sp³-hybridized carbons (Fsp3) is 0.200. The maximum Gasteiger partial charge on any atom is 0.269 e. The monoisotopic (exact) mass is 288 g/mol. The molecular weight excluding hydrogens is 272 g/mol. The number of hydrogen-bond donors (Lipinski definition) is 3. The minimum Gasteiger partial charge on any atom is -0.508 e. The van der Waals surface area contributed by atoms with Gasteiger partial charge in [-0.1, -0.05) is 12.1 Å². The van der Waals surface area contributed by atoms with Gasteiger partial charge in [0.15, 0.2) is 0 Å². The predicted octanol–water partition coefficient (Wildman–Crippen LogP) is 2.86. The Bertz CT molecular complexity index is 641. The van der Waals surface area contributed by atoms with E-state index >= 15 is 0 Å². The van der Waals surface area contributed by atoms with E-state index in [2.05, 4.69) is 5.32 Å². The Kier molecular flexibility index (Phi) is 4.39. The van der Waals surface area contributed by atoms with Crippen LogP contribution in [0.15, 0.2) is 42.5 Å². The van der Waals surface area contributed by atoms with E-state index in [4.69, 9.17) is 0 Å². The number of benzene rings is 2. The van der Waals surface area contributed by atoms with Crippen LogP contribution in [0.1, 0.15) is 24.1 Å². The number of phenols is 2. The SMILES string of the molecule is CC(NCc1ccc([N+](=O)[O-])cc1)c1cc(O)ccc1O. The lowest BCUT2D eigenvalue weighted by Crippen LogP contribution is -2.18. The van der Waals surface area contributed by atoms with Crippen molar-refractivity contribution in [1.29, 1.82) is 0 Å². The van der Waals surface area contributed by atoms with Crippen molar-refractivity contribution in [2.24, 2.45) is 0 Å². The number of nitrogens with one attached hydrogen (secondary N) is 1. The first kappa shape index (κ1) is 14.8. The average molecular weight is 288 g/mol. The zero-order valence-electron chi connectivity index (χ0n) is 11.5. The number of rotatable bonds is 5. The molecule has 0 aromatic heterocycles. The normalized spacial score (nSPS) is 12.0. The van der Waals surface area contributed by atoms with Crippen LogP contribution < -0.4 is 5.32 Å². The van der Waals surface area contributed by atoms with Crippen molar-refractivity contribution in [2.45, 2.75) is 19.5 Å². The van der Waals surface area contributed by atoms with Crippen LogP contribution in [-0.2, 0) is 6.54 Å². The molecule has 0 saturated heterocycles. The van der Waals surface area contributed by atoms with Crippen LogP contribution in [0, 0.1) is 10.1 Å². The number of aromatic hydroxyl groups is 2. The molecule has 6 heteroatoms. The highest BCUT2D eigenvalue weighted by atomic mass is 16.6. The summed E-state index contributed by atoms with van der Waals surface area (Å²) >= 11 is 0. The minimum atomic E-state index is -0.440. The number of nitro groups is 1. The molecule has 0 fully saturated rings. The standard InChI is InChI=1S/C15H16N2O4/c1-10(14-8-13(18)6-7-15(14)19)16-9-11-2-4-12(5-3-11)17(20)21/h2-8,10,16,18-19H,9H2,1H3. The molecule has 2 aromatic rings. The number of hydrogen-bond acceptors (Lipinski definition) is 5. The van der Waals surface area contributed by atoms with E-state index in [1.54, 1.807) is 12.1 Å². The van der Waals surface area contributed by atoms with Crippen LogP contribution in [0.2, 0.25) is 0 Å². The van der Waals surface area contributed by atoms with Gasteiger partial charge in [0.05, 0.1) is 4.92 Å². The predicted molar refractivity (Wildman–Crippen MR) is 78.1 cm³/mol. The Balaban J connectivity index is 2.02. The van der Waals surface area contributed by atoms with Gasteiger partial charge in [0.1, 0.15) is 11.5 Å². The number of nitro benzene ring substituents is 1. The van der Waals surface area contributed by atoms with E-state index in [0.29, 0.717) is 12.1 Å². The van der Waals surface area contributed by atoms with Crippen LogP contribution in [0.4, 0.5) is 5.69 Å². The van der Waals surface area contributed by atoms with Crippen LogP contribution in [0.5, 0.6) is 11.5 Å². The molecule has 0 saturated carbocycles. The van der Waals surface area contributed by atoms with E-state index in [0.717, 1.165) is 5.56 Å². The summed E-state index contributed by atoms with van der Waals surface area (Å²) in [6.07, 6.45) is 0. The molecule has 2 aromatic carbocycles. The largest absolute Gasteiger partial charge is 0.508 e. The lowest BCUT2D eigenvalue weighted by Gasteiger charge is -2.16. The summed E-state index contributed by atoms with van der Waals surface area (Å²) in [6, 6.07) is 10.5. The number of nitrogens with zero attached hydrogens (tertiary/aromatic N) is 1. The molecule has 21 heavy (non-hydrogen) atoms. The number of phenolic OH excluding ortho intramolecular Hbond substituents is 2. The van der Waals surface area contributed by atoms with Crippen molar-refractivity contribution in [1.82, 2.24) is 5.32 Å². The van der Waals surface area contributed by atoms with Gasteiger partial charge in [0, 0.05) is 30.3 Å². The topological polar surface area (TPSA) is 95.6 Å². The third-order valence-corrected chi connectivity index (χ3v) is 3.24. The molecule has 0 aliphatic heterocycles. The highest BCUT2D eigenvalue weighted by Crippen LogP contribution is 2.27. The molecule has 1 atom stereocenters. The molecule has 0 heterocycles. The first-order valence-corrected chi connectivity index (χ1v) is 6.46. The highest BCUT2D eigenvalue weighted by molar-refractivity contribution is 5.40. The zero-order chi connectivity index (χ0) is 15.4. The van der Waals surface area contributed by atoms with Crippen molar-refractivity contribution in [2.75, 3.05) is 0 Å². The third kappa shape index (κ3) is 3.70. The Morgan fingerprint density at radius 3 is 2.48 bits per heavy atom. The fourth-order valence-electron chi connectivity index (χ4n) is 2.01. The summed E-state index contributed by atoms with van der Waals surface area (Å²) in [4.78, 5) is 10.1.